The quantitative estimate of drug-likeness (QED) is 0.237. The van der Waals surface area contributed by atoms with Crippen LogP contribution in [0.3, 0.4) is 0 Å². The van der Waals surface area contributed by atoms with E-state index in [9.17, 15) is 24.5 Å². The number of thioether (sulfide) groups is 1. The Kier molecular flexibility index (Phi) is 7.96. The average molecular weight is 348 g/mol. The molecule has 10 heteroatoms. The first-order valence-corrected chi connectivity index (χ1v) is 8.19. The van der Waals surface area contributed by atoms with Crippen LogP contribution in [-0.4, -0.2) is 52.0 Å². The summed E-state index contributed by atoms with van der Waals surface area (Å²) in [6.45, 7) is 2.02. The van der Waals surface area contributed by atoms with E-state index in [1.54, 1.807) is 6.92 Å². The zero-order valence-electron chi connectivity index (χ0n) is 12.7. The van der Waals surface area contributed by atoms with Crippen molar-refractivity contribution in [3.63, 3.8) is 0 Å². The molecule has 1 heterocycles. The van der Waals surface area contributed by atoms with Crippen LogP contribution in [0.15, 0.2) is 0 Å². The summed E-state index contributed by atoms with van der Waals surface area (Å²) in [5, 5.41) is 20.8. The molecule has 0 aromatic heterocycles. The van der Waals surface area contributed by atoms with Gasteiger partial charge in [0.15, 0.2) is 5.62 Å². The van der Waals surface area contributed by atoms with Crippen molar-refractivity contribution in [2.45, 2.75) is 37.5 Å². The number of rotatable bonds is 11. The highest BCUT2D eigenvalue weighted by molar-refractivity contribution is 8.12. The number of hydrogen-bond acceptors (Lipinski definition) is 8. The standard InChI is InChI=1S/C13H20N2O7S/c1-8(10(23-7-16)3-2-6-22-15(20)21)12(17)9-4-5-14-11(9)13(18)19/h7-11,14H,2-6H2,1H3,(H,18,19)/t8?,9?,10?,11-/m0/s1. The second kappa shape index (κ2) is 9.46. The summed E-state index contributed by atoms with van der Waals surface area (Å²) in [7, 11) is 0. The molecule has 0 amide bonds. The van der Waals surface area contributed by atoms with Crippen molar-refractivity contribution in [1.82, 2.24) is 5.32 Å². The number of Topliss-reactive ketones (excluding diaryl/α,β-unsaturated/α-hetero) is 1. The Morgan fingerprint density at radius 2 is 2.26 bits per heavy atom. The second-order valence-electron chi connectivity index (χ2n) is 5.33. The first-order valence-electron chi connectivity index (χ1n) is 7.24. The molecular formula is C13H20N2O7S. The van der Waals surface area contributed by atoms with Gasteiger partial charge in [0.05, 0.1) is 6.61 Å². The van der Waals surface area contributed by atoms with Gasteiger partial charge in [0.25, 0.3) is 5.09 Å². The van der Waals surface area contributed by atoms with Crippen LogP contribution in [0.1, 0.15) is 26.2 Å². The number of carboxylic acids is 1. The van der Waals surface area contributed by atoms with Crippen molar-refractivity contribution < 1.29 is 29.4 Å². The fourth-order valence-electron chi connectivity index (χ4n) is 2.72. The lowest BCUT2D eigenvalue weighted by molar-refractivity contribution is -0.757. The third-order valence-corrected chi connectivity index (χ3v) is 5.02. The predicted octanol–water partition coefficient (Wildman–Crippen LogP) is 0.535. The molecule has 1 rings (SSSR count). The van der Waals surface area contributed by atoms with E-state index in [0.717, 1.165) is 11.8 Å². The van der Waals surface area contributed by atoms with E-state index >= 15 is 0 Å². The van der Waals surface area contributed by atoms with Crippen LogP contribution in [0.2, 0.25) is 0 Å². The molecule has 9 nitrogen and oxygen atoms in total. The fraction of sp³-hybridized carbons (Fsp3) is 0.769. The topological polar surface area (TPSA) is 136 Å². The smallest absolute Gasteiger partial charge is 0.321 e. The molecule has 23 heavy (non-hydrogen) atoms. The van der Waals surface area contributed by atoms with Gasteiger partial charge < -0.3 is 15.3 Å². The van der Waals surface area contributed by atoms with Gasteiger partial charge in [-0.05, 0) is 25.8 Å². The number of aliphatic carboxylic acids is 1. The highest BCUT2D eigenvalue weighted by Gasteiger charge is 2.40. The Morgan fingerprint density at radius 1 is 1.57 bits per heavy atom. The molecule has 130 valence electrons. The van der Waals surface area contributed by atoms with Gasteiger partial charge in [-0.1, -0.05) is 18.7 Å². The third-order valence-electron chi connectivity index (χ3n) is 3.92. The first-order chi connectivity index (χ1) is 10.9. The Labute approximate surface area is 137 Å². The molecule has 1 aliphatic heterocycles. The van der Waals surface area contributed by atoms with E-state index in [4.69, 9.17) is 5.11 Å². The second-order valence-corrected chi connectivity index (χ2v) is 6.40. The van der Waals surface area contributed by atoms with Gasteiger partial charge in [-0.25, -0.2) is 0 Å². The van der Waals surface area contributed by atoms with E-state index in [1.165, 1.54) is 0 Å². The summed E-state index contributed by atoms with van der Waals surface area (Å²) in [6.07, 6.45) is 1.17. The molecular weight excluding hydrogens is 328 g/mol. The van der Waals surface area contributed by atoms with E-state index in [2.05, 4.69) is 10.2 Å². The van der Waals surface area contributed by atoms with Gasteiger partial charge in [-0.3, -0.25) is 14.4 Å². The van der Waals surface area contributed by atoms with Gasteiger partial charge >= 0.3 is 5.97 Å². The number of carbonyl (C=O) groups excluding carboxylic acids is 2. The van der Waals surface area contributed by atoms with Crippen LogP contribution in [0, 0.1) is 22.0 Å². The molecule has 0 aliphatic carbocycles. The van der Waals surface area contributed by atoms with Crippen LogP contribution < -0.4 is 5.32 Å². The largest absolute Gasteiger partial charge is 0.480 e. The lowest BCUT2D eigenvalue weighted by atomic mass is 9.85. The first kappa shape index (κ1) is 19.4. The summed E-state index contributed by atoms with van der Waals surface area (Å²) >= 11 is 0.945. The lowest BCUT2D eigenvalue weighted by Crippen LogP contribution is -2.41. The van der Waals surface area contributed by atoms with Crippen LogP contribution in [-0.2, 0) is 19.2 Å². The van der Waals surface area contributed by atoms with Crippen molar-refractivity contribution in [2.24, 2.45) is 11.8 Å². The molecule has 0 spiro atoms. The number of carboxylic acid groups (broad SMARTS) is 1. The molecule has 1 fully saturated rings. The Morgan fingerprint density at radius 3 is 2.83 bits per heavy atom. The SMILES string of the molecule is CC(C(=O)C1CCN[C@@H]1C(=O)O)C(CCCO[N+](=O)[O-])SC=O. The number of nitrogens with zero attached hydrogens (tertiary/aromatic N) is 1. The number of hydrogen-bond donors (Lipinski definition) is 2. The van der Waals surface area contributed by atoms with Gasteiger partial charge in [0.1, 0.15) is 11.8 Å². The van der Waals surface area contributed by atoms with E-state index in [-0.39, 0.29) is 17.6 Å². The van der Waals surface area contributed by atoms with Crippen LogP contribution >= 0.6 is 11.8 Å². The fourth-order valence-corrected chi connectivity index (χ4v) is 3.54. The summed E-state index contributed by atoms with van der Waals surface area (Å²) in [5.41, 5.74) is 0.629. The summed E-state index contributed by atoms with van der Waals surface area (Å²) in [5.74, 6) is -2.40. The zero-order chi connectivity index (χ0) is 17.4. The monoisotopic (exact) mass is 348 g/mol. The summed E-state index contributed by atoms with van der Waals surface area (Å²) in [6, 6.07) is -0.898. The zero-order valence-corrected chi connectivity index (χ0v) is 13.5. The summed E-state index contributed by atoms with van der Waals surface area (Å²) in [4.78, 5) is 48.8. The molecule has 0 radical (unpaired) electrons. The molecule has 4 atom stereocenters. The highest BCUT2D eigenvalue weighted by atomic mass is 32.2. The number of carbonyl (C=O) groups is 3. The maximum atomic E-state index is 12.5. The Bertz CT molecular complexity index is 460. The third kappa shape index (κ3) is 5.79. The van der Waals surface area contributed by atoms with E-state index in [0.29, 0.717) is 31.4 Å². The molecule has 0 aromatic rings. The van der Waals surface area contributed by atoms with Crippen molar-refractivity contribution in [1.29, 1.82) is 0 Å². The molecule has 2 N–H and O–H groups in total. The molecule has 0 aromatic carbocycles. The summed E-state index contributed by atoms with van der Waals surface area (Å²) < 4.78 is 0. The lowest BCUT2D eigenvalue weighted by Gasteiger charge is -2.24. The number of nitrogens with one attached hydrogen (secondary N) is 1. The minimum atomic E-state index is -1.06. The van der Waals surface area contributed by atoms with Gasteiger partial charge in [-0.2, -0.15) is 0 Å². The molecule has 3 unspecified atom stereocenters. The van der Waals surface area contributed by atoms with Crippen LogP contribution in [0.25, 0.3) is 0 Å². The van der Waals surface area contributed by atoms with Crippen molar-refractivity contribution >= 4 is 29.1 Å². The van der Waals surface area contributed by atoms with Crippen molar-refractivity contribution in [3.8, 4) is 0 Å². The maximum absolute atomic E-state index is 12.5. The minimum Gasteiger partial charge on any atom is -0.480 e. The van der Waals surface area contributed by atoms with Gasteiger partial charge in [-0.15, -0.1) is 10.1 Å². The normalized spacial score (nSPS) is 23.0. The van der Waals surface area contributed by atoms with Gasteiger partial charge in [0.2, 0.25) is 0 Å². The van der Waals surface area contributed by atoms with Crippen molar-refractivity contribution in [3.05, 3.63) is 10.1 Å². The van der Waals surface area contributed by atoms with Gasteiger partial charge in [0, 0.05) is 17.1 Å². The predicted molar refractivity (Wildman–Crippen MR) is 82.0 cm³/mol. The Hall–Kier alpha value is -1.68. The molecule has 0 bridgehead atoms. The van der Waals surface area contributed by atoms with Crippen LogP contribution in [0.5, 0.6) is 0 Å². The minimum absolute atomic E-state index is 0.105. The van der Waals surface area contributed by atoms with E-state index < -0.39 is 28.9 Å². The Balaban J connectivity index is 2.62. The number of ketones is 1. The molecule has 0 saturated carbocycles. The maximum Gasteiger partial charge on any atom is 0.321 e. The van der Waals surface area contributed by atoms with Crippen LogP contribution in [0.4, 0.5) is 0 Å². The highest BCUT2D eigenvalue weighted by Crippen LogP contribution is 2.29. The van der Waals surface area contributed by atoms with Crippen molar-refractivity contribution in [2.75, 3.05) is 13.2 Å². The van der Waals surface area contributed by atoms with E-state index in [1.807, 2.05) is 0 Å². The molecule has 1 saturated heterocycles. The average Bonchev–Trinajstić information content (AvgIpc) is 2.98. The molecule has 1 aliphatic rings.